The third-order valence-corrected chi connectivity index (χ3v) is 7.11. The molecule has 0 bridgehead atoms. The van der Waals surface area contributed by atoms with Gasteiger partial charge in [-0.2, -0.15) is 0 Å². The van der Waals surface area contributed by atoms with E-state index in [-0.39, 0.29) is 36.2 Å². The number of ether oxygens (including phenoxy) is 1. The van der Waals surface area contributed by atoms with Crippen LogP contribution in [0.15, 0.2) is 59.5 Å². The minimum absolute atomic E-state index is 0.117. The Bertz CT molecular complexity index is 994. The van der Waals surface area contributed by atoms with Gasteiger partial charge in [-0.1, -0.05) is 30.3 Å². The largest absolute Gasteiger partial charge is 0.497 e. The molecule has 0 aromatic heterocycles. The number of methoxy groups -OCH3 is 1. The van der Waals surface area contributed by atoms with Gasteiger partial charge in [0.25, 0.3) is 0 Å². The molecule has 9 heteroatoms. The third kappa shape index (κ3) is 6.54. The Morgan fingerprint density at radius 3 is 2.25 bits per heavy atom. The van der Waals surface area contributed by atoms with Gasteiger partial charge in [-0.3, -0.25) is 9.59 Å². The molecule has 174 valence electrons. The van der Waals surface area contributed by atoms with Gasteiger partial charge in [-0.25, -0.2) is 12.7 Å². The van der Waals surface area contributed by atoms with Crippen LogP contribution in [0.5, 0.6) is 5.75 Å². The number of rotatable bonds is 11. The molecule has 0 heterocycles. The molecule has 1 N–H and O–H groups in total. The van der Waals surface area contributed by atoms with Crippen LogP contribution in [0.4, 0.5) is 0 Å². The number of nitrogens with one attached hydrogen (secondary N) is 1. The summed E-state index contributed by atoms with van der Waals surface area (Å²) in [5, 5.41) is 2.58. The van der Waals surface area contributed by atoms with Crippen LogP contribution in [0, 0.1) is 0 Å². The normalized spacial score (nSPS) is 12.3. The Balaban J connectivity index is 2.04. The summed E-state index contributed by atoms with van der Waals surface area (Å²) in [6, 6.07) is 14.8. The first-order chi connectivity index (χ1) is 15.2. The van der Waals surface area contributed by atoms with E-state index in [1.54, 1.807) is 56.5 Å². The fourth-order valence-corrected chi connectivity index (χ4v) is 4.44. The summed E-state index contributed by atoms with van der Waals surface area (Å²) >= 11 is 0. The van der Waals surface area contributed by atoms with Crippen LogP contribution in [0.25, 0.3) is 0 Å². The highest BCUT2D eigenvalue weighted by Gasteiger charge is 2.26. The average Bonchev–Trinajstić information content (AvgIpc) is 2.82. The number of carbonyl (C=O) groups excluding carboxylic acids is 2. The molecular formula is C23H31N3O5S. The average molecular weight is 462 g/mol. The second-order valence-electron chi connectivity index (χ2n) is 7.40. The Morgan fingerprint density at radius 2 is 1.69 bits per heavy atom. The number of amides is 2. The number of carbonyl (C=O) groups is 2. The number of nitrogens with zero attached hydrogens (tertiary/aromatic N) is 2. The van der Waals surface area contributed by atoms with Gasteiger partial charge in [-0.05, 0) is 43.2 Å². The summed E-state index contributed by atoms with van der Waals surface area (Å²) in [4.78, 5) is 26.9. The standard InChI is InChI=1S/C23H31N3O5S/c1-18(23(28)24-2)26(17-19-12-14-20(31-4)15-13-19)22(27)11-8-16-25(3)32(29,30)21-9-6-5-7-10-21/h5-7,9-10,12-15,18H,8,11,16-17H2,1-4H3,(H,24,28)/t18-/m0/s1. The zero-order valence-electron chi connectivity index (χ0n) is 18.9. The van der Waals surface area contributed by atoms with Crippen molar-refractivity contribution in [2.45, 2.75) is 37.2 Å². The number of likely N-dealkylation sites (N-methyl/N-ethyl adjacent to an activating group) is 1. The van der Waals surface area contributed by atoms with Crippen molar-refractivity contribution in [1.29, 1.82) is 0 Å². The number of sulfonamides is 1. The van der Waals surface area contributed by atoms with Crippen molar-refractivity contribution in [1.82, 2.24) is 14.5 Å². The third-order valence-electron chi connectivity index (χ3n) is 5.24. The molecule has 0 saturated carbocycles. The molecule has 32 heavy (non-hydrogen) atoms. The molecule has 2 aromatic rings. The summed E-state index contributed by atoms with van der Waals surface area (Å²) in [5.74, 6) is 0.215. The zero-order valence-corrected chi connectivity index (χ0v) is 19.8. The number of benzene rings is 2. The fraction of sp³-hybridized carbons (Fsp3) is 0.391. The van der Waals surface area contributed by atoms with Crippen LogP contribution in [0.1, 0.15) is 25.3 Å². The quantitative estimate of drug-likeness (QED) is 0.554. The molecule has 0 aliphatic carbocycles. The van der Waals surface area contributed by atoms with Crippen molar-refractivity contribution in [2.24, 2.45) is 0 Å². The molecule has 0 spiro atoms. The van der Waals surface area contributed by atoms with Gasteiger partial charge >= 0.3 is 0 Å². The fourth-order valence-electron chi connectivity index (χ4n) is 3.21. The summed E-state index contributed by atoms with van der Waals surface area (Å²) in [7, 11) is 0.984. The van der Waals surface area contributed by atoms with E-state index in [4.69, 9.17) is 4.74 Å². The van der Waals surface area contributed by atoms with E-state index >= 15 is 0 Å². The molecular weight excluding hydrogens is 430 g/mol. The van der Waals surface area contributed by atoms with Gasteiger partial charge < -0.3 is 15.0 Å². The second kappa shape index (κ2) is 11.6. The van der Waals surface area contributed by atoms with Gasteiger partial charge in [0, 0.05) is 33.6 Å². The maximum Gasteiger partial charge on any atom is 0.242 e. The lowest BCUT2D eigenvalue weighted by atomic mass is 10.1. The minimum Gasteiger partial charge on any atom is -0.497 e. The van der Waals surface area contributed by atoms with Crippen LogP contribution < -0.4 is 10.1 Å². The molecule has 0 unspecified atom stereocenters. The highest BCUT2D eigenvalue weighted by molar-refractivity contribution is 7.89. The number of hydrogen-bond donors (Lipinski definition) is 1. The molecule has 0 aliphatic heterocycles. The van der Waals surface area contributed by atoms with Crippen molar-refractivity contribution in [3.8, 4) is 5.75 Å². The molecule has 8 nitrogen and oxygen atoms in total. The molecule has 0 aliphatic rings. The molecule has 0 fully saturated rings. The van der Waals surface area contributed by atoms with E-state index in [0.717, 1.165) is 5.56 Å². The molecule has 0 saturated heterocycles. The molecule has 2 amide bonds. The van der Waals surface area contributed by atoms with Crippen molar-refractivity contribution < 1.29 is 22.7 Å². The highest BCUT2D eigenvalue weighted by Crippen LogP contribution is 2.17. The lowest BCUT2D eigenvalue weighted by molar-refractivity contribution is -0.140. The lowest BCUT2D eigenvalue weighted by Gasteiger charge is -2.28. The molecule has 2 aromatic carbocycles. The van der Waals surface area contributed by atoms with Crippen molar-refractivity contribution in [2.75, 3.05) is 27.7 Å². The van der Waals surface area contributed by atoms with E-state index in [2.05, 4.69) is 5.32 Å². The summed E-state index contributed by atoms with van der Waals surface area (Å²) < 4.78 is 31.7. The van der Waals surface area contributed by atoms with Gasteiger partial charge in [0.05, 0.1) is 12.0 Å². The maximum absolute atomic E-state index is 13.0. The summed E-state index contributed by atoms with van der Waals surface area (Å²) in [6.07, 6.45) is 0.452. The Hall–Kier alpha value is -2.91. The maximum atomic E-state index is 13.0. The lowest BCUT2D eigenvalue weighted by Crippen LogP contribution is -2.46. The van der Waals surface area contributed by atoms with Crippen molar-refractivity contribution in [3.63, 3.8) is 0 Å². The smallest absolute Gasteiger partial charge is 0.242 e. The van der Waals surface area contributed by atoms with Crippen LogP contribution in [0.3, 0.4) is 0 Å². The predicted octanol–water partition coefficient (Wildman–Crippen LogP) is 2.26. The predicted molar refractivity (Wildman–Crippen MR) is 123 cm³/mol. The van der Waals surface area contributed by atoms with E-state index in [9.17, 15) is 18.0 Å². The summed E-state index contributed by atoms with van der Waals surface area (Å²) in [6.45, 7) is 2.12. The van der Waals surface area contributed by atoms with Gasteiger partial charge in [0.1, 0.15) is 11.8 Å². The van der Waals surface area contributed by atoms with Crippen molar-refractivity contribution >= 4 is 21.8 Å². The first-order valence-corrected chi connectivity index (χ1v) is 11.8. The SMILES string of the molecule is CNC(=O)[C@H](C)N(Cc1ccc(OC)cc1)C(=O)CCCN(C)S(=O)(=O)c1ccccc1. The molecule has 2 rings (SSSR count). The van der Waals surface area contributed by atoms with Crippen LogP contribution in [-0.2, 0) is 26.2 Å². The first kappa shape index (κ1) is 25.4. The van der Waals surface area contributed by atoms with Gasteiger partial charge in [0.2, 0.25) is 21.8 Å². The topological polar surface area (TPSA) is 96.0 Å². The minimum atomic E-state index is -3.61. The van der Waals surface area contributed by atoms with Crippen LogP contribution in [-0.4, -0.2) is 63.2 Å². The Morgan fingerprint density at radius 1 is 1.06 bits per heavy atom. The highest BCUT2D eigenvalue weighted by atomic mass is 32.2. The van der Waals surface area contributed by atoms with Crippen LogP contribution in [0.2, 0.25) is 0 Å². The van der Waals surface area contributed by atoms with E-state index in [0.29, 0.717) is 12.2 Å². The monoisotopic (exact) mass is 461 g/mol. The summed E-state index contributed by atoms with van der Waals surface area (Å²) in [5.41, 5.74) is 0.860. The zero-order chi connectivity index (χ0) is 23.7. The molecule has 0 radical (unpaired) electrons. The first-order valence-electron chi connectivity index (χ1n) is 10.4. The Labute approximate surface area is 190 Å². The van der Waals surface area contributed by atoms with E-state index in [1.807, 2.05) is 12.1 Å². The van der Waals surface area contributed by atoms with Crippen LogP contribution >= 0.6 is 0 Å². The Kier molecular flexibility index (Phi) is 9.22. The number of hydrogen-bond acceptors (Lipinski definition) is 5. The van der Waals surface area contributed by atoms with Gasteiger partial charge in [-0.15, -0.1) is 0 Å². The van der Waals surface area contributed by atoms with Gasteiger partial charge in [0.15, 0.2) is 0 Å². The van der Waals surface area contributed by atoms with E-state index < -0.39 is 16.1 Å². The van der Waals surface area contributed by atoms with E-state index in [1.165, 1.54) is 23.3 Å². The molecule has 1 atom stereocenters. The van der Waals surface area contributed by atoms with Crippen molar-refractivity contribution in [3.05, 3.63) is 60.2 Å². The second-order valence-corrected chi connectivity index (χ2v) is 9.45.